The van der Waals surface area contributed by atoms with Crippen molar-refractivity contribution in [3.63, 3.8) is 0 Å². The molecule has 2 rings (SSSR count). The lowest BCUT2D eigenvalue weighted by Gasteiger charge is -2.25. The molecule has 2 aromatic rings. The SMILES string of the molecule is C[C@H](N)c1ccc(-c2ccccc2CN(C)C(=O)OC(C)(C)C)s1. The molecular weight excluding hydrogens is 320 g/mol. The van der Waals surface area contributed by atoms with Crippen LogP contribution in [0.1, 0.15) is 44.2 Å². The van der Waals surface area contributed by atoms with E-state index < -0.39 is 5.60 Å². The Labute approximate surface area is 148 Å². The molecule has 4 nitrogen and oxygen atoms in total. The number of hydrogen-bond donors (Lipinski definition) is 1. The van der Waals surface area contributed by atoms with E-state index in [0.29, 0.717) is 6.54 Å². The van der Waals surface area contributed by atoms with Crippen LogP contribution in [0.15, 0.2) is 36.4 Å². The number of ether oxygens (including phenoxy) is 1. The van der Waals surface area contributed by atoms with Gasteiger partial charge in [0.1, 0.15) is 5.60 Å². The molecule has 0 aliphatic heterocycles. The number of thiophene rings is 1. The topological polar surface area (TPSA) is 55.6 Å². The summed E-state index contributed by atoms with van der Waals surface area (Å²) in [5, 5.41) is 0. The molecule has 1 amide bonds. The van der Waals surface area contributed by atoms with Gasteiger partial charge in [-0.1, -0.05) is 24.3 Å². The van der Waals surface area contributed by atoms with E-state index in [1.807, 2.05) is 45.9 Å². The Balaban J connectivity index is 2.21. The van der Waals surface area contributed by atoms with Gasteiger partial charge in [0.2, 0.25) is 0 Å². The molecule has 0 fully saturated rings. The molecule has 0 aliphatic rings. The zero-order valence-electron chi connectivity index (χ0n) is 15.0. The number of nitrogens with zero attached hydrogens (tertiary/aromatic N) is 1. The minimum absolute atomic E-state index is 0.0281. The van der Waals surface area contributed by atoms with E-state index in [4.69, 9.17) is 10.5 Å². The van der Waals surface area contributed by atoms with Gasteiger partial charge in [0.15, 0.2) is 0 Å². The second-order valence-electron chi connectivity index (χ2n) is 6.98. The standard InChI is InChI=1S/C19H26N2O2S/c1-13(20)16-10-11-17(24-16)15-9-7-6-8-14(15)12-21(5)18(22)23-19(2,3)4/h6-11,13H,12,20H2,1-5H3/t13-/m0/s1. The average Bonchev–Trinajstić information content (AvgIpc) is 2.96. The van der Waals surface area contributed by atoms with Gasteiger partial charge >= 0.3 is 6.09 Å². The molecule has 0 unspecified atom stereocenters. The van der Waals surface area contributed by atoms with E-state index in [1.165, 1.54) is 0 Å². The summed E-state index contributed by atoms with van der Waals surface area (Å²) in [6.07, 6.45) is -0.320. The number of carbonyl (C=O) groups excluding carboxylic acids is 1. The lowest BCUT2D eigenvalue weighted by Crippen LogP contribution is -2.33. The minimum Gasteiger partial charge on any atom is -0.444 e. The van der Waals surface area contributed by atoms with Gasteiger partial charge in [-0.25, -0.2) is 4.79 Å². The Kier molecular flexibility index (Phi) is 5.67. The van der Waals surface area contributed by atoms with Crippen molar-refractivity contribution in [3.8, 4) is 10.4 Å². The van der Waals surface area contributed by atoms with E-state index in [1.54, 1.807) is 23.3 Å². The Bertz CT molecular complexity index is 701. The first-order valence-corrected chi connectivity index (χ1v) is 8.87. The molecule has 1 heterocycles. The summed E-state index contributed by atoms with van der Waals surface area (Å²) in [6.45, 7) is 8.09. The van der Waals surface area contributed by atoms with Crippen LogP contribution >= 0.6 is 11.3 Å². The Hall–Kier alpha value is -1.85. The monoisotopic (exact) mass is 346 g/mol. The predicted octanol–water partition coefficient (Wildman–Crippen LogP) is 4.80. The fourth-order valence-corrected chi connectivity index (χ4v) is 3.32. The van der Waals surface area contributed by atoms with E-state index >= 15 is 0 Å². The van der Waals surface area contributed by atoms with Crippen LogP contribution in [-0.4, -0.2) is 23.6 Å². The summed E-state index contributed by atoms with van der Waals surface area (Å²) in [5.74, 6) is 0. The number of carbonyl (C=O) groups is 1. The second-order valence-corrected chi connectivity index (χ2v) is 8.10. The maximum atomic E-state index is 12.2. The first-order chi connectivity index (χ1) is 11.2. The molecular formula is C19H26N2O2S. The molecule has 2 N–H and O–H groups in total. The highest BCUT2D eigenvalue weighted by molar-refractivity contribution is 7.15. The van der Waals surface area contributed by atoms with Gasteiger partial charge in [-0.2, -0.15) is 0 Å². The third-order valence-corrected chi connectivity index (χ3v) is 4.79. The van der Waals surface area contributed by atoms with E-state index in [0.717, 1.165) is 20.9 Å². The van der Waals surface area contributed by atoms with Gasteiger partial charge in [0.25, 0.3) is 0 Å². The number of amides is 1. The van der Waals surface area contributed by atoms with Crippen molar-refractivity contribution in [2.45, 2.75) is 45.9 Å². The van der Waals surface area contributed by atoms with Gasteiger partial charge in [-0.05, 0) is 51.0 Å². The van der Waals surface area contributed by atoms with Crippen LogP contribution in [0.4, 0.5) is 4.79 Å². The van der Waals surface area contributed by atoms with Crippen LogP contribution in [0.3, 0.4) is 0 Å². The fraction of sp³-hybridized carbons (Fsp3) is 0.421. The van der Waals surface area contributed by atoms with Crippen LogP contribution < -0.4 is 5.73 Å². The predicted molar refractivity (Wildman–Crippen MR) is 100 cm³/mol. The van der Waals surface area contributed by atoms with Crippen molar-refractivity contribution in [3.05, 3.63) is 46.8 Å². The Morgan fingerprint density at radius 1 is 1.25 bits per heavy atom. The van der Waals surface area contributed by atoms with Gasteiger partial charge in [-0.3, -0.25) is 0 Å². The summed E-state index contributed by atoms with van der Waals surface area (Å²) in [7, 11) is 1.76. The smallest absolute Gasteiger partial charge is 0.410 e. The molecule has 1 aromatic carbocycles. The molecule has 130 valence electrons. The van der Waals surface area contributed by atoms with Crippen molar-refractivity contribution in [1.82, 2.24) is 4.90 Å². The molecule has 5 heteroatoms. The van der Waals surface area contributed by atoms with E-state index in [-0.39, 0.29) is 12.1 Å². The fourth-order valence-electron chi connectivity index (χ4n) is 2.30. The first-order valence-electron chi connectivity index (χ1n) is 8.05. The maximum absolute atomic E-state index is 12.2. The van der Waals surface area contributed by atoms with Gasteiger partial charge in [0, 0.05) is 29.4 Å². The molecule has 0 radical (unpaired) electrons. The van der Waals surface area contributed by atoms with Gasteiger partial charge < -0.3 is 15.4 Å². The second kappa shape index (κ2) is 7.36. The van der Waals surface area contributed by atoms with Crippen LogP contribution in [-0.2, 0) is 11.3 Å². The molecule has 0 spiro atoms. The Morgan fingerprint density at radius 3 is 2.50 bits per heavy atom. The largest absolute Gasteiger partial charge is 0.444 e. The van der Waals surface area contributed by atoms with Crippen molar-refractivity contribution in [1.29, 1.82) is 0 Å². The molecule has 0 aliphatic carbocycles. The van der Waals surface area contributed by atoms with E-state index in [9.17, 15) is 4.79 Å². The van der Waals surface area contributed by atoms with Gasteiger partial charge in [-0.15, -0.1) is 11.3 Å². The summed E-state index contributed by atoms with van der Waals surface area (Å²) < 4.78 is 5.43. The molecule has 0 saturated carbocycles. The van der Waals surface area contributed by atoms with Crippen molar-refractivity contribution in [2.24, 2.45) is 5.73 Å². The zero-order chi connectivity index (χ0) is 17.9. The third kappa shape index (κ3) is 4.82. The number of rotatable bonds is 4. The third-order valence-electron chi connectivity index (χ3n) is 3.47. The maximum Gasteiger partial charge on any atom is 0.410 e. The van der Waals surface area contributed by atoms with Crippen molar-refractivity contribution >= 4 is 17.4 Å². The lowest BCUT2D eigenvalue weighted by atomic mass is 10.1. The molecule has 24 heavy (non-hydrogen) atoms. The number of nitrogens with two attached hydrogens (primary N) is 1. The molecule has 0 bridgehead atoms. The number of benzene rings is 1. The highest BCUT2D eigenvalue weighted by atomic mass is 32.1. The van der Waals surface area contributed by atoms with Crippen LogP contribution in [0.2, 0.25) is 0 Å². The average molecular weight is 346 g/mol. The highest BCUT2D eigenvalue weighted by Gasteiger charge is 2.20. The summed E-state index contributed by atoms with van der Waals surface area (Å²) in [6, 6.07) is 12.3. The first kappa shape index (κ1) is 18.5. The zero-order valence-corrected chi connectivity index (χ0v) is 15.8. The summed E-state index contributed by atoms with van der Waals surface area (Å²) in [5.41, 5.74) is 7.68. The Morgan fingerprint density at radius 2 is 1.92 bits per heavy atom. The van der Waals surface area contributed by atoms with Crippen LogP contribution in [0.5, 0.6) is 0 Å². The minimum atomic E-state index is -0.495. The lowest BCUT2D eigenvalue weighted by molar-refractivity contribution is 0.0285. The van der Waals surface area contributed by atoms with E-state index in [2.05, 4.69) is 18.2 Å². The molecule has 1 atom stereocenters. The normalized spacial score (nSPS) is 12.8. The molecule has 1 aromatic heterocycles. The van der Waals surface area contributed by atoms with Crippen LogP contribution in [0, 0.1) is 0 Å². The van der Waals surface area contributed by atoms with Crippen molar-refractivity contribution < 1.29 is 9.53 Å². The summed E-state index contributed by atoms with van der Waals surface area (Å²) >= 11 is 1.69. The quantitative estimate of drug-likeness (QED) is 0.865. The van der Waals surface area contributed by atoms with Crippen LogP contribution in [0.25, 0.3) is 10.4 Å². The van der Waals surface area contributed by atoms with Gasteiger partial charge in [0.05, 0.1) is 0 Å². The number of hydrogen-bond acceptors (Lipinski definition) is 4. The highest BCUT2D eigenvalue weighted by Crippen LogP contribution is 2.33. The molecule has 0 saturated heterocycles. The summed E-state index contributed by atoms with van der Waals surface area (Å²) in [4.78, 5) is 16.1. The van der Waals surface area contributed by atoms with Crippen molar-refractivity contribution in [2.75, 3.05) is 7.05 Å².